The zero-order valence-electron chi connectivity index (χ0n) is 15.2. The van der Waals surface area contributed by atoms with Gasteiger partial charge < -0.3 is 10.6 Å². The van der Waals surface area contributed by atoms with Crippen LogP contribution in [0.2, 0.25) is 0 Å². The highest BCUT2D eigenvalue weighted by Crippen LogP contribution is 2.35. The van der Waals surface area contributed by atoms with E-state index in [1.54, 1.807) is 0 Å². The molecule has 5 heteroatoms. The highest BCUT2D eigenvalue weighted by molar-refractivity contribution is 5.28. The Labute approximate surface area is 150 Å². The van der Waals surface area contributed by atoms with Crippen LogP contribution in [-0.4, -0.2) is 40.1 Å². The van der Waals surface area contributed by atoms with E-state index in [1.165, 1.54) is 18.4 Å². The zero-order chi connectivity index (χ0) is 17.4. The number of aromatic nitrogens is 1. The lowest BCUT2D eigenvalue weighted by atomic mass is 9.98. The highest BCUT2D eigenvalue weighted by atomic mass is 15.5. The van der Waals surface area contributed by atoms with Crippen molar-refractivity contribution in [2.24, 2.45) is 11.7 Å². The molecule has 5 nitrogen and oxygen atoms in total. The largest absolute Gasteiger partial charge is 0.399 e. The summed E-state index contributed by atoms with van der Waals surface area (Å²) in [6, 6.07) is 5.28. The van der Waals surface area contributed by atoms with Gasteiger partial charge in [-0.25, -0.2) is 5.01 Å². The van der Waals surface area contributed by atoms with Gasteiger partial charge >= 0.3 is 0 Å². The first-order valence-corrected chi connectivity index (χ1v) is 9.53. The Hall–Kier alpha value is -1.85. The average Bonchev–Trinajstić information content (AvgIpc) is 2.88. The number of nitrogens with one attached hydrogen (secondary N) is 1. The lowest BCUT2D eigenvalue weighted by molar-refractivity contribution is 0.0862. The molecule has 3 aliphatic rings. The van der Waals surface area contributed by atoms with Crippen LogP contribution in [0.15, 0.2) is 42.4 Å². The molecule has 0 radical (unpaired) electrons. The standard InChI is InChI=1S/C20H29N5/c1-3-15-6-7-18(22-11-15)20-19-10-17(21)8-9-24(19)12-16-5-4-14(2)23-25(20)13-16/h6-11,14,16,19-20,23H,3-5,12-13,21H2,1-2H3. The van der Waals surface area contributed by atoms with Gasteiger partial charge in [-0.05, 0) is 55.9 Å². The van der Waals surface area contributed by atoms with Crippen molar-refractivity contribution in [2.45, 2.75) is 51.2 Å². The van der Waals surface area contributed by atoms with Crippen LogP contribution >= 0.6 is 0 Å². The number of nitrogens with two attached hydrogens (primary N) is 1. The van der Waals surface area contributed by atoms with Crippen molar-refractivity contribution in [2.75, 3.05) is 13.1 Å². The van der Waals surface area contributed by atoms with Crippen LogP contribution in [0.4, 0.5) is 0 Å². The maximum Gasteiger partial charge on any atom is 0.0904 e. The average molecular weight is 339 g/mol. The zero-order valence-corrected chi connectivity index (χ0v) is 15.2. The van der Waals surface area contributed by atoms with Crippen molar-refractivity contribution in [3.05, 3.63) is 53.6 Å². The third-order valence-electron chi connectivity index (χ3n) is 5.74. The molecule has 2 bridgehead atoms. The lowest BCUT2D eigenvalue weighted by Crippen LogP contribution is -2.50. The minimum absolute atomic E-state index is 0.167. The quantitative estimate of drug-likeness (QED) is 0.866. The molecule has 134 valence electrons. The van der Waals surface area contributed by atoms with Gasteiger partial charge in [-0.15, -0.1) is 0 Å². The summed E-state index contributed by atoms with van der Waals surface area (Å²) < 4.78 is 0. The van der Waals surface area contributed by atoms with Gasteiger partial charge in [-0.1, -0.05) is 13.0 Å². The molecular formula is C20H29N5. The maximum atomic E-state index is 6.16. The van der Waals surface area contributed by atoms with Crippen LogP contribution < -0.4 is 11.2 Å². The van der Waals surface area contributed by atoms with Gasteiger partial charge in [0.1, 0.15) is 0 Å². The molecule has 4 rings (SSSR count). The molecular weight excluding hydrogens is 310 g/mol. The van der Waals surface area contributed by atoms with Crippen molar-refractivity contribution in [3.63, 3.8) is 0 Å². The number of allylic oxidation sites excluding steroid dienone is 1. The molecule has 2 fully saturated rings. The van der Waals surface area contributed by atoms with E-state index in [1.807, 2.05) is 12.3 Å². The third-order valence-corrected chi connectivity index (χ3v) is 5.74. The van der Waals surface area contributed by atoms with E-state index in [2.05, 4.69) is 53.6 Å². The maximum absolute atomic E-state index is 6.16. The second-order valence-electron chi connectivity index (χ2n) is 7.69. The van der Waals surface area contributed by atoms with Gasteiger partial charge in [-0.2, -0.15) is 0 Å². The number of hydrogen-bond donors (Lipinski definition) is 2. The van der Waals surface area contributed by atoms with E-state index in [-0.39, 0.29) is 12.1 Å². The first-order chi connectivity index (χ1) is 12.1. The third kappa shape index (κ3) is 3.31. The van der Waals surface area contributed by atoms with Crippen molar-refractivity contribution >= 4 is 0 Å². The first kappa shape index (κ1) is 16.6. The summed E-state index contributed by atoms with van der Waals surface area (Å²) in [6.07, 6.45) is 11.9. The van der Waals surface area contributed by atoms with Crippen LogP contribution in [0.25, 0.3) is 0 Å². The Balaban J connectivity index is 1.75. The number of nitrogens with zero attached hydrogens (tertiary/aromatic N) is 3. The molecule has 4 heterocycles. The number of rotatable bonds is 2. The van der Waals surface area contributed by atoms with Gasteiger partial charge in [0, 0.05) is 37.2 Å². The topological polar surface area (TPSA) is 57.4 Å². The van der Waals surface area contributed by atoms with Crippen molar-refractivity contribution in [1.29, 1.82) is 0 Å². The predicted octanol–water partition coefficient (Wildman–Crippen LogP) is 2.34. The van der Waals surface area contributed by atoms with Crippen molar-refractivity contribution < 1.29 is 0 Å². The molecule has 0 aromatic carbocycles. The van der Waals surface area contributed by atoms with E-state index in [0.29, 0.717) is 12.0 Å². The van der Waals surface area contributed by atoms with Crippen LogP contribution in [0, 0.1) is 5.92 Å². The highest BCUT2D eigenvalue weighted by Gasteiger charge is 2.40. The van der Waals surface area contributed by atoms with Gasteiger partial charge in [-0.3, -0.25) is 10.4 Å². The second kappa shape index (κ2) is 6.81. The molecule has 0 saturated carbocycles. The van der Waals surface area contributed by atoms with Crippen molar-refractivity contribution in [3.8, 4) is 0 Å². The van der Waals surface area contributed by atoms with Gasteiger partial charge in [0.15, 0.2) is 0 Å². The Morgan fingerprint density at radius 2 is 2.16 bits per heavy atom. The molecule has 3 aliphatic heterocycles. The van der Waals surface area contributed by atoms with Crippen LogP contribution in [-0.2, 0) is 6.42 Å². The number of hydrogen-bond acceptors (Lipinski definition) is 5. The Morgan fingerprint density at radius 3 is 2.92 bits per heavy atom. The number of fused-ring (bicyclic) bond motifs is 3. The van der Waals surface area contributed by atoms with E-state index >= 15 is 0 Å². The summed E-state index contributed by atoms with van der Waals surface area (Å²) in [7, 11) is 0. The SMILES string of the molecule is CCc1ccc(C2C3C=C(N)C=CN3CC3CCC(C)NN2C3)nc1. The molecule has 0 aliphatic carbocycles. The summed E-state index contributed by atoms with van der Waals surface area (Å²) in [4.78, 5) is 7.29. The Kier molecular flexibility index (Phi) is 4.52. The molecule has 5 atom stereocenters. The van der Waals surface area contributed by atoms with Crippen molar-refractivity contribution in [1.82, 2.24) is 20.3 Å². The fourth-order valence-corrected chi connectivity index (χ4v) is 4.32. The Morgan fingerprint density at radius 1 is 1.28 bits per heavy atom. The molecule has 25 heavy (non-hydrogen) atoms. The number of hydrazine groups is 1. The normalized spacial score (nSPS) is 34.7. The van der Waals surface area contributed by atoms with E-state index in [0.717, 1.165) is 30.9 Å². The predicted molar refractivity (Wildman–Crippen MR) is 100 cm³/mol. The molecule has 0 amide bonds. The molecule has 5 unspecified atom stereocenters. The van der Waals surface area contributed by atoms with E-state index in [4.69, 9.17) is 10.7 Å². The van der Waals surface area contributed by atoms with Crippen LogP contribution in [0.1, 0.15) is 44.0 Å². The molecule has 1 aromatic rings. The summed E-state index contributed by atoms with van der Waals surface area (Å²) in [5.41, 5.74) is 13.2. The summed E-state index contributed by atoms with van der Waals surface area (Å²) in [5.74, 6) is 0.664. The minimum atomic E-state index is 0.167. The second-order valence-corrected chi connectivity index (χ2v) is 7.69. The van der Waals surface area contributed by atoms with Gasteiger partial charge in [0.2, 0.25) is 0 Å². The fourth-order valence-electron chi connectivity index (χ4n) is 4.32. The van der Waals surface area contributed by atoms with Gasteiger partial charge in [0.05, 0.1) is 17.8 Å². The lowest BCUT2D eigenvalue weighted by Gasteiger charge is -2.39. The minimum Gasteiger partial charge on any atom is -0.399 e. The Bertz CT molecular complexity index is 665. The monoisotopic (exact) mass is 339 g/mol. The summed E-state index contributed by atoms with van der Waals surface area (Å²) in [6.45, 7) is 6.59. The first-order valence-electron chi connectivity index (χ1n) is 9.53. The molecule has 2 saturated heterocycles. The number of pyridine rings is 1. The summed E-state index contributed by atoms with van der Waals surface area (Å²) >= 11 is 0. The molecule has 0 spiro atoms. The number of aryl methyl sites for hydroxylation is 1. The molecule has 1 aromatic heterocycles. The smallest absolute Gasteiger partial charge is 0.0904 e. The summed E-state index contributed by atoms with van der Waals surface area (Å²) in [5, 5.41) is 2.43. The van der Waals surface area contributed by atoms with Gasteiger partial charge in [0.25, 0.3) is 0 Å². The fraction of sp³-hybridized carbons (Fsp3) is 0.550. The molecule has 3 N–H and O–H groups in total. The van der Waals surface area contributed by atoms with E-state index < -0.39 is 0 Å². The van der Waals surface area contributed by atoms with E-state index in [9.17, 15) is 0 Å². The van der Waals surface area contributed by atoms with Crippen LogP contribution in [0.5, 0.6) is 0 Å². The van der Waals surface area contributed by atoms with Crippen LogP contribution in [0.3, 0.4) is 0 Å².